The van der Waals surface area contributed by atoms with E-state index in [0.29, 0.717) is 26.4 Å². The van der Waals surface area contributed by atoms with E-state index in [0.717, 1.165) is 60.9 Å². The normalized spacial score (nSPS) is 16.8. The highest BCUT2D eigenvalue weighted by atomic mass is 16.5. The molecule has 2 aliphatic rings. The van der Waals surface area contributed by atoms with Gasteiger partial charge in [0.05, 0.1) is 32.9 Å². The molecule has 7 heteroatoms. The van der Waals surface area contributed by atoms with Crippen molar-refractivity contribution in [3.63, 3.8) is 0 Å². The van der Waals surface area contributed by atoms with Gasteiger partial charge in [-0.3, -0.25) is 9.69 Å². The fraction of sp³-hybridized carbons (Fsp3) is 0.306. The van der Waals surface area contributed by atoms with Crippen molar-refractivity contribution < 1.29 is 19.0 Å². The van der Waals surface area contributed by atoms with E-state index in [9.17, 15) is 4.79 Å². The minimum absolute atomic E-state index is 0.00423. The first-order valence-corrected chi connectivity index (χ1v) is 15.0. The Morgan fingerprint density at radius 1 is 0.860 bits per heavy atom. The molecule has 2 heterocycles. The van der Waals surface area contributed by atoms with Gasteiger partial charge in [-0.1, -0.05) is 48.5 Å². The van der Waals surface area contributed by atoms with Crippen molar-refractivity contribution in [1.29, 1.82) is 0 Å². The van der Waals surface area contributed by atoms with Gasteiger partial charge in [0.1, 0.15) is 18.1 Å². The molecule has 0 aliphatic carbocycles. The second-order valence-corrected chi connectivity index (χ2v) is 11.1. The van der Waals surface area contributed by atoms with E-state index < -0.39 is 0 Å². The number of carbonyl (C=O) groups excluding carboxylic acids is 1. The summed E-state index contributed by atoms with van der Waals surface area (Å²) in [6.45, 7) is 4.78. The summed E-state index contributed by atoms with van der Waals surface area (Å²) in [6, 6.07) is 33.5. The van der Waals surface area contributed by atoms with Crippen molar-refractivity contribution in [1.82, 2.24) is 4.90 Å². The lowest BCUT2D eigenvalue weighted by Gasteiger charge is -2.39. The fourth-order valence-corrected chi connectivity index (χ4v) is 5.93. The number of carbonyl (C=O) groups is 1. The van der Waals surface area contributed by atoms with Gasteiger partial charge >= 0.3 is 0 Å². The summed E-state index contributed by atoms with van der Waals surface area (Å²) in [5.74, 6) is 1.76. The third-order valence-corrected chi connectivity index (χ3v) is 8.26. The Labute approximate surface area is 254 Å². The van der Waals surface area contributed by atoms with E-state index in [1.807, 2.05) is 30.3 Å². The van der Waals surface area contributed by atoms with Crippen LogP contribution in [0, 0.1) is 0 Å². The molecule has 0 aromatic heterocycles. The van der Waals surface area contributed by atoms with Gasteiger partial charge in [-0.25, -0.2) is 0 Å². The highest BCUT2D eigenvalue weighted by Gasteiger charge is 2.28. The Bertz CT molecular complexity index is 1490. The van der Waals surface area contributed by atoms with Gasteiger partial charge in [0, 0.05) is 31.0 Å². The molecule has 222 valence electrons. The van der Waals surface area contributed by atoms with Gasteiger partial charge in [-0.2, -0.15) is 0 Å². The molecule has 0 saturated carbocycles. The van der Waals surface area contributed by atoms with E-state index in [1.165, 1.54) is 16.7 Å². The van der Waals surface area contributed by atoms with Crippen LogP contribution < -0.4 is 19.7 Å². The van der Waals surface area contributed by atoms with Crippen LogP contribution in [0.5, 0.6) is 11.5 Å². The van der Waals surface area contributed by atoms with Crippen molar-refractivity contribution in [3.05, 3.63) is 119 Å². The number of ether oxygens (including phenoxy) is 3. The summed E-state index contributed by atoms with van der Waals surface area (Å²) in [4.78, 5) is 17.2. The number of methoxy groups -OCH3 is 1. The van der Waals surface area contributed by atoms with Crippen molar-refractivity contribution in [2.45, 2.75) is 25.5 Å². The molecule has 4 aromatic rings. The highest BCUT2D eigenvalue weighted by molar-refractivity contribution is 5.92. The predicted octanol–water partition coefficient (Wildman–Crippen LogP) is 5.89. The second-order valence-electron chi connectivity index (χ2n) is 11.1. The fourth-order valence-electron chi connectivity index (χ4n) is 5.93. The maximum atomic E-state index is 12.6. The molecule has 0 spiro atoms. The molecule has 0 radical (unpaired) electrons. The molecule has 1 unspecified atom stereocenters. The summed E-state index contributed by atoms with van der Waals surface area (Å²) in [7, 11) is 1.72. The Morgan fingerprint density at radius 2 is 1.60 bits per heavy atom. The van der Waals surface area contributed by atoms with Crippen LogP contribution in [0.25, 0.3) is 0 Å². The SMILES string of the molecule is COc1ccc2c(c1)CCN(c1ccc(NC(=O)CN3CCOCC3)cc1)C2Cc1ccc(OCc2ccccc2)cc1. The molecule has 6 rings (SSSR count). The van der Waals surface area contributed by atoms with Crippen LogP contribution in [-0.4, -0.2) is 57.3 Å². The lowest BCUT2D eigenvalue weighted by atomic mass is 9.88. The molecular weight excluding hydrogens is 538 g/mol. The van der Waals surface area contributed by atoms with Crippen molar-refractivity contribution in [2.24, 2.45) is 0 Å². The summed E-state index contributed by atoms with van der Waals surface area (Å²) in [5, 5.41) is 3.06. The monoisotopic (exact) mass is 577 g/mol. The number of hydrogen-bond acceptors (Lipinski definition) is 6. The van der Waals surface area contributed by atoms with Crippen molar-refractivity contribution in [2.75, 3.05) is 56.7 Å². The summed E-state index contributed by atoms with van der Waals surface area (Å²) < 4.78 is 17.0. The number of nitrogens with zero attached hydrogens (tertiary/aromatic N) is 2. The zero-order valence-corrected chi connectivity index (χ0v) is 24.7. The number of morpholine rings is 1. The Hall–Kier alpha value is -4.33. The van der Waals surface area contributed by atoms with Crippen LogP contribution >= 0.6 is 0 Å². The largest absolute Gasteiger partial charge is 0.497 e. The minimum atomic E-state index is 0.00423. The molecule has 0 bridgehead atoms. The first-order chi connectivity index (χ1) is 21.1. The van der Waals surface area contributed by atoms with Crippen LogP contribution in [0.3, 0.4) is 0 Å². The maximum Gasteiger partial charge on any atom is 0.238 e. The first-order valence-electron chi connectivity index (χ1n) is 15.0. The number of hydrogen-bond donors (Lipinski definition) is 1. The average Bonchev–Trinajstić information content (AvgIpc) is 3.05. The molecule has 7 nitrogen and oxygen atoms in total. The number of fused-ring (bicyclic) bond motifs is 1. The molecule has 4 aromatic carbocycles. The van der Waals surface area contributed by atoms with Gasteiger partial charge in [-0.05, 0) is 83.6 Å². The molecule has 1 fully saturated rings. The van der Waals surface area contributed by atoms with Crippen LogP contribution in [0.1, 0.15) is 28.3 Å². The first kappa shape index (κ1) is 28.8. The van der Waals surface area contributed by atoms with E-state index in [1.54, 1.807) is 7.11 Å². The van der Waals surface area contributed by atoms with Gasteiger partial charge in [-0.15, -0.1) is 0 Å². The van der Waals surface area contributed by atoms with Gasteiger partial charge in [0.15, 0.2) is 0 Å². The second kappa shape index (κ2) is 13.8. The van der Waals surface area contributed by atoms with Crippen LogP contribution in [0.4, 0.5) is 11.4 Å². The average molecular weight is 578 g/mol. The van der Waals surface area contributed by atoms with Crippen molar-refractivity contribution >= 4 is 17.3 Å². The van der Waals surface area contributed by atoms with Crippen LogP contribution in [0.2, 0.25) is 0 Å². The van der Waals surface area contributed by atoms with E-state index >= 15 is 0 Å². The summed E-state index contributed by atoms with van der Waals surface area (Å²) >= 11 is 0. The molecule has 1 N–H and O–H groups in total. The summed E-state index contributed by atoms with van der Waals surface area (Å²) in [6.07, 6.45) is 1.80. The Morgan fingerprint density at radius 3 is 2.35 bits per heavy atom. The molecule has 1 saturated heterocycles. The third-order valence-electron chi connectivity index (χ3n) is 8.26. The Balaban J connectivity index is 1.16. The number of amides is 1. The maximum absolute atomic E-state index is 12.6. The third kappa shape index (κ3) is 7.37. The highest BCUT2D eigenvalue weighted by Crippen LogP contribution is 2.38. The number of nitrogens with one attached hydrogen (secondary N) is 1. The molecule has 1 atom stereocenters. The van der Waals surface area contributed by atoms with Crippen molar-refractivity contribution in [3.8, 4) is 11.5 Å². The molecular formula is C36H39N3O4. The molecule has 43 heavy (non-hydrogen) atoms. The number of anilines is 2. The number of benzene rings is 4. The Kier molecular flexibility index (Phi) is 9.21. The lowest BCUT2D eigenvalue weighted by molar-refractivity contribution is -0.118. The predicted molar refractivity (Wildman–Crippen MR) is 170 cm³/mol. The zero-order chi connectivity index (χ0) is 29.4. The molecule has 1 amide bonds. The van der Waals surface area contributed by atoms with E-state index in [4.69, 9.17) is 14.2 Å². The number of rotatable bonds is 10. The van der Waals surface area contributed by atoms with Gasteiger partial charge in [0.2, 0.25) is 5.91 Å². The summed E-state index contributed by atoms with van der Waals surface area (Å²) in [5.41, 5.74) is 7.00. The zero-order valence-electron chi connectivity index (χ0n) is 24.7. The van der Waals surface area contributed by atoms with Gasteiger partial charge < -0.3 is 24.4 Å². The quantitative estimate of drug-likeness (QED) is 0.254. The topological polar surface area (TPSA) is 63.3 Å². The van der Waals surface area contributed by atoms with E-state index in [-0.39, 0.29) is 11.9 Å². The van der Waals surface area contributed by atoms with Gasteiger partial charge in [0.25, 0.3) is 0 Å². The standard InChI is InChI=1S/C36H39N3O4/c1-41-33-15-16-34-29(24-33)17-18-39(31-11-9-30(10-12-31)37-36(40)25-38-19-21-42-22-20-38)35(34)23-27-7-13-32(14-8-27)43-26-28-5-3-2-4-6-28/h2-16,24,35H,17-23,25-26H2,1H3,(H,37,40). The smallest absolute Gasteiger partial charge is 0.238 e. The minimum Gasteiger partial charge on any atom is -0.497 e. The molecule has 2 aliphatic heterocycles. The van der Waals surface area contributed by atoms with E-state index in [2.05, 4.69) is 81.8 Å². The van der Waals surface area contributed by atoms with Crippen LogP contribution in [-0.2, 0) is 29.0 Å². The lowest BCUT2D eigenvalue weighted by Crippen LogP contribution is -2.41. The van der Waals surface area contributed by atoms with Crippen LogP contribution in [0.15, 0.2) is 97.1 Å².